The van der Waals surface area contributed by atoms with Gasteiger partial charge in [-0.05, 0) is 55.0 Å². The molecular weight excluding hydrogens is 454 g/mol. The van der Waals surface area contributed by atoms with Gasteiger partial charge >= 0.3 is 0 Å². The Morgan fingerprint density at radius 2 is 1.75 bits per heavy atom. The van der Waals surface area contributed by atoms with Crippen LogP contribution in [0.5, 0.6) is 5.75 Å². The zero-order valence-electron chi connectivity index (χ0n) is 20.7. The molecular formula is C29H33N3O4. The topological polar surface area (TPSA) is 79.0 Å². The van der Waals surface area contributed by atoms with Gasteiger partial charge in [-0.25, -0.2) is 0 Å². The van der Waals surface area contributed by atoms with E-state index in [-0.39, 0.29) is 35.7 Å². The molecule has 3 fully saturated rings. The van der Waals surface area contributed by atoms with Crippen molar-refractivity contribution in [3.8, 4) is 5.75 Å². The molecule has 188 valence electrons. The number of rotatable bonds is 5. The Morgan fingerprint density at radius 1 is 0.972 bits per heavy atom. The van der Waals surface area contributed by atoms with Gasteiger partial charge in [0.05, 0.1) is 0 Å². The van der Waals surface area contributed by atoms with Crippen LogP contribution in [0.15, 0.2) is 48.5 Å². The molecule has 6 rings (SSSR count). The number of fused-ring (bicyclic) bond motifs is 1. The summed E-state index contributed by atoms with van der Waals surface area (Å²) in [6.07, 6.45) is 5.31. The lowest BCUT2D eigenvalue weighted by Gasteiger charge is -2.54. The van der Waals surface area contributed by atoms with Crippen molar-refractivity contribution in [2.45, 2.75) is 75.6 Å². The summed E-state index contributed by atoms with van der Waals surface area (Å²) in [4.78, 5) is 41.0. The smallest absolute Gasteiger partial charge is 0.255 e. The highest BCUT2D eigenvalue weighted by Crippen LogP contribution is 2.40. The van der Waals surface area contributed by atoms with Crippen molar-refractivity contribution in [2.75, 3.05) is 13.1 Å². The van der Waals surface area contributed by atoms with Crippen LogP contribution < -0.4 is 10.1 Å². The predicted octanol–water partition coefficient (Wildman–Crippen LogP) is 3.41. The van der Waals surface area contributed by atoms with E-state index in [0.29, 0.717) is 24.6 Å². The summed E-state index contributed by atoms with van der Waals surface area (Å²) in [5, 5.41) is 2.36. The van der Waals surface area contributed by atoms with Gasteiger partial charge < -0.3 is 9.64 Å². The van der Waals surface area contributed by atoms with Crippen LogP contribution in [0, 0.1) is 0 Å². The average molecular weight is 488 g/mol. The van der Waals surface area contributed by atoms with Crippen molar-refractivity contribution < 1.29 is 19.1 Å². The molecule has 3 atom stereocenters. The molecule has 1 aliphatic carbocycles. The third-order valence-corrected chi connectivity index (χ3v) is 8.49. The molecule has 7 nitrogen and oxygen atoms in total. The van der Waals surface area contributed by atoms with Crippen molar-refractivity contribution in [1.82, 2.24) is 15.1 Å². The van der Waals surface area contributed by atoms with Crippen molar-refractivity contribution in [3.05, 3.63) is 65.2 Å². The monoisotopic (exact) mass is 487 g/mol. The summed E-state index contributed by atoms with van der Waals surface area (Å²) >= 11 is 0. The number of nitrogens with one attached hydrogen (secondary N) is 1. The summed E-state index contributed by atoms with van der Waals surface area (Å²) in [5.41, 5.74) is 3.10. The van der Waals surface area contributed by atoms with Gasteiger partial charge in [0.25, 0.3) is 5.91 Å². The van der Waals surface area contributed by atoms with Gasteiger partial charge in [-0.1, -0.05) is 43.7 Å². The number of amides is 3. The molecule has 1 saturated carbocycles. The van der Waals surface area contributed by atoms with E-state index in [1.54, 1.807) is 4.90 Å². The van der Waals surface area contributed by atoms with Gasteiger partial charge in [0.15, 0.2) is 0 Å². The minimum absolute atomic E-state index is 0.125. The molecule has 2 aromatic rings. The van der Waals surface area contributed by atoms with E-state index < -0.39 is 6.04 Å². The van der Waals surface area contributed by atoms with E-state index in [1.165, 1.54) is 12.0 Å². The number of imide groups is 1. The van der Waals surface area contributed by atoms with Gasteiger partial charge in [-0.2, -0.15) is 0 Å². The summed E-state index contributed by atoms with van der Waals surface area (Å²) in [5.74, 6) is -0.0207. The average Bonchev–Trinajstić information content (AvgIpc) is 3.18. The highest BCUT2D eigenvalue weighted by atomic mass is 16.5. The first-order valence-corrected chi connectivity index (χ1v) is 13.2. The summed E-state index contributed by atoms with van der Waals surface area (Å²) in [6, 6.07) is 16.3. The number of carbonyl (C=O) groups is 3. The van der Waals surface area contributed by atoms with E-state index in [2.05, 4.69) is 47.5 Å². The molecule has 3 aliphatic heterocycles. The van der Waals surface area contributed by atoms with Gasteiger partial charge in [-0.15, -0.1) is 0 Å². The van der Waals surface area contributed by atoms with Crippen LogP contribution in [0.25, 0.3) is 0 Å². The number of nitrogens with zero attached hydrogens (tertiary/aromatic N) is 2. The standard InChI is InChI=1S/C29H33N3O4/c1-29(20-7-3-2-4-8-20)17-31(18-29)23-9-5-6-10-25(23)36-21-11-12-22-19(15-21)16-32(28(22)35)24-13-14-26(33)30-27(24)34/h2-4,7-8,11-12,15,23-25H,5-6,9-10,13-14,16-18H2,1H3,(H,30,33,34)/t23-,24?,25+/m1/s1. The first-order chi connectivity index (χ1) is 17.4. The number of carbonyl (C=O) groups excluding carboxylic acids is 3. The molecule has 7 heteroatoms. The van der Waals surface area contributed by atoms with Crippen LogP contribution in [0.2, 0.25) is 0 Å². The van der Waals surface area contributed by atoms with E-state index in [0.717, 1.165) is 43.7 Å². The quantitative estimate of drug-likeness (QED) is 0.654. The van der Waals surface area contributed by atoms with Crippen molar-refractivity contribution in [3.63, 3.8) is 0 Å². The van der Waals surface area contributed by atoms with E-state index in [4.69, 9.17) is 4.74 Å². The second-order valence-electron chi connectivity index (χ2n) is 11.1. The Labute approximate surface area is 211 Å². The Kier molecular flexibility index (Phi) is 5.83. The van der Waals surface area contributed by atoms with Gasteiger partial charge in [0.2, 0.25) is 11.8 Å². The lowest BCUT2D eigenvalue weighted by atomic mass is 9.73. The number of likely N-dealkylation sites (tertiary alicyclic amines) is 1. The molecule has 3 amide bonds. The third kappa shape index (κ3) is 4.09. The van der Waals surface area contributed by atoms with E-state index >= 15 is 0 Å². The molecule has 36 heavy (non-hydrogen) atoms. The van der Waals surface area contributed by atoms with Crippen molar-refractivity contribution in [2.24, 2.45) is 0 Å². The van der Waals surface area contributed by atoms with Gasteiger partial charge in [0.1, 0.15) is 17.9 Å². The van der Waals surface area contributed by atoms with Crippen LogP contribution >= 0.6 is 0 Å². The highest BCUT2D eigenvalue weighted by molar-refractivity contribution is 6.05. The predicted molar refractivity (Wildman–Crippen MR) is 135 cm³/mol. The summed E-state index contributed by atoms with van der Waals surface area (Å²) < 4.78 is 6.58. The largest absolute Gasteiger partial charge is 0.489 e. The summed E-state index contributed by atoms with van der Waals surface area (Å²) in [6.45, 7) is 4.80. The number of hydrogen-bond acceptors (Lipinski definition) is 5. The maximum absolute atomic E-state index is 13.0. The van der Waals surface area contributed by atoms with Gasteiger partial charge in [0, 0.05) is 43.1 Å². The third-order valence-electron chi connectivity index (χ3n) is 8.49. The molecule has 3 heterocycles. The van der Waals surface area contributed by atoms with E-state index in [9.17, 15) is 14.4 Å². The normalized spacial score (nSPS) is 27.9. The molecule has 4 aliphatic rings. The molecule has 0 spiro atoms. The van der Waals surface area contributed by atoms with Crippen molar-refractivity contribution >= 4 is 17.7 Å². The molecule has 0 aromatic heterocycles. The minimum atomic E-state index is -0.597. The fraction of sp³-hybridized carbons (Fsp3) is 0.483. The number of ether oxygens (including phenoxy) is 1. The van der Waals surface area contributed by atoms with Crippen LogP contribution in [-0.4, -0.2) is 58.8 Å². The van der Waals surface area contributed by atoms with Crippen LogP contribution in [0.3, 0.4) is 0 Å². The first-order valence-electron chi connectivity index (χ1n) is 13.2. The second-order valence-corrected chi connectivity index (χ2v) is 11.1. The Hall–Kier alpha value is -3.19. The lowest BCUT2D eigenvalue weighted by Crippen LogP contribution is -2.64. The number of hydrogen-bond donors (Lipinski definition) is 1. The van der Waals surface area contributed by atoms with Crippen LogP contribution in [0.1, 0.15) is 66.9 Å². The molecule has 0 radical (unpaired) electrons. The SMILES string of the molecule is CC1(c2ccccc2)CN([C@@H]2CCCC[C@@H]2Oc2ccc3c(c2)CN(C2CCC(=O)NC2=O)C3=O)C1. The zero-order valence-corrected chi connectivity index (χ0v) is 20.7. The zero-order chi connectivity index (χ0) is 24.9. The van der Waals surface area contributed by atoms with E-state index in [1.807, 2.05) is 18.2 Å². The minimum Gasteiger partial charge on any atom is -0.489 e. The second kappa shape index (κ2) is 9.04. The lowest BCUT2D eigenvalue weighted by molar-refractivity contribution is -0.136. The molecule has 0 bridgehead atoms. The van der Waals surface area contributed by atoms with Crippen LogP contribution in [0.4, 0.5) is 0 Å². The number of piperidine rings is 1. The highest BCUT2D eigenvalue weighted by Gasteiger charge is 2.46. The summed E-state index contributed by atoms with van der Waals surface area (Å²) in [7, 11) is 0. The molecule has 2 aromatic carbocycles. The maximum atomic E-state index is 13.0. The fourth-order valence-corrected chi connectivity index (χ4v) is 6.54. The van der Waals surface area contributed by atoms with Gasteiger partial charge in [-0.3, -0.25) is 24.6 Å². The van der Waals surface area contributed by atoms with Crippen molar-refractivity contribution in [1.29, 1.82) is 0 Å². The molecule has 1 N–H and O–H groups in total. The maximum Gasteiger partial charge on any atom is 0.255 e. The Bertz CT molecular complexity index is 1190. The molecule has 1 unspecified atom stereocenters. The fourth-order valence-electron chi connectivity index (χ4n) is 6.54. The Balaban J connectivity index is 1.13. The Morgan fingerprint density at radius 3 is 2.53 bits per heavy atom. The van der Waals surface area contributed by atoms with Crippen LogP contribution in [-0.2, 0) is 21.5 Å². The molecule has 2 saturated heterocycles. The number of benzene rings is 2. The first kappa shape index (κ1) is 23.2.